The Labute approximate surface area is 118 Å². The molecule has 1 fully saturated rings. The Bertz CT molecular complexity index is 439. The molecule has 0 aromatic heterocycles. The minimum atomic E-state index is 0.0346. The van der Waals surface area contributed by atoms with Gasteiger partial charge in [-0.05, 0) is 31.4 Å². The molecule has 0 aliphatic carbocycles. The van der Waals surface area contributed by atoms with Crippen LogP contribution in [0.3, 0.4) is 0 Å². The number of carbonyl (C=O) groups excluding carboxylic acids is 1. The maximum absolute atomic E-state index is 12.0. The molecule has 5 heteroatoms. The summed E-state index contributed by atoms with van der Waals surface area (Å²) in [5, 5.41) is 2.94. The molecular formula is C14H20N2O2S. The highest BCUT2D eigenvalue weighted by Crippen LogP contribution is 2.18. The van der Waals surface area contributed by atoms with Crippen molar-refractivity contribution in [2.75, 3.05) is 37.8 Å². The van der Waals surface area contributed by atoms with Gasteiger partial charge in [-0.15, -0.1) is 11.8 Å². The summed E-state index contributed by atoms with van der Waals surface area (Å²) in [5.74, 6) is 0.0346. The number of nitrogens with zero attached hydrogens (tertiary/aromatic N) is 1. The van der Waals surface area contributed by atoms with Crippen molar-refractivity contribution < 1.29 is 9.53 Å². The number of amides is 1. The first-order valence-corrected chi connectivity index (χ1v) is 7.67. The van der Waals surface area contributed by atoms with E-state index in [4.69, 9.17) is 4.74 Å². The standard InChI is InChI=1S/C14H20N2O2S/c1-11-9-16(6-7-18-11)10-14(17)15-12-4-3-5-13(8-12)19-2/h3-5,8,11H,6-7,9-10H2,1-2H3,(H,15,17)/t11-/m0/s1. The highest BCUT2D eigenvalue weighted by molar-refractivity contribution is 7.98. The normalized spacial score (nSPS) is 20.2. The molecule has 4 nitrogen and oxygen atoms in total. The van der Waals surface area contributed by atoms with Gasteiger partial charge in [-0.1, -0.05) is 6.07 Å². The molecule has 104 valence electrons. The van der Waals surface area contributed by atoms with Gasteiger partial charge in [0.2, 0.25) is 5.91 Å². The summed E-state index contributed by atoms with van der Waals surface area (Å²) in [7, 11) is 0. The highest BCUT2D eigenvalue weighted by atomic mass is 32.2. The van der Waals surface area contributed by atoms with E-state index in [2.05, 4.69) is 10.2 Å². The minimum absolute atomic E-state index is 0.0346. The molecule has 1 aromatic rings. The molecule has 2 rings (SSSR count). The van der Waals surface area contributed by atoms with Gasteiger partial charge in [-0.25, -0.2) is 0 Å². The lowest BCUT2D eigenvalue weighted by Crippen LogP contribution is -2.44. The van der Waals surface area contributed by atoms with E-state index >= 15 is 0 Å². The second kappa shape index (κ2) is 6.93. The van der Waals surface area contributed by atoms with Crippen LogP contribution in [0.1, 0.15) is 6.92 Å². The third-order valence-electron chi connectivity index (χ3n) is 3.05. The van der Waals surface area contributed by atoms with E-state index in [1.807, 2.05) is 37.4 Å². The number of rotatable bonds is 4. The van der Waals surface area contributed by atoms with E-state index in [1.165, 1.54) is 0 Å². The fourth-order valence-electron chi connectivity index (χ4n) is 2.14. The van der Waals surface area contributed by atoms with E-state index in [1.54, 1.807) is 11.8 Å². The van der Waals surface area contributed by atoms with Crippen molar-refractivity contribution in [2.45, 2.75) is 17.9 Å². The molecule has 0 spiro atoms. The predicted molar refractivity (Wildman–Crippen MR) is 78.7 cm³/mol. The van der Waals surface area contributed by atoms with Gasteiger partial charge >= 0.3 is 0 Å². The van der Waals surface area contributed by atoms with Crippen molar-refractivity contribution in [3.8, 4) is 0 Å². The Hall–Kier alpha value is -1.04. The molecule has 19 heavy (non-hydrogen) atoms. The Morgan fingerprint density at radius 1 is 1.58 bits per heavy atom. The lowest BCUT2D eigenvalue weighted by molar-refractivity contribution is -0.119. The van der Waals surface area contributed by atoms with Crippen molar-refractivity contribution in [1.29, 1.82) is 0 Å². The molecule has 1 amide bonds. The zero-order valence-corrected chi connectivity index (χ0v) is 12.2. The van der Waals surface area contributed by atoms with Crippen LogP contribution < -0.4 is 5.32 Å². The molecule has 1 atom stereocenters. The Balaban J connectivity index is 1.86. The number of thioether (sulfide) groups is 1. The average Bonchev–Trinajstić information content (AvgIpc) is 2.38. The molecular weight excluding hydrogens is 260 g/mol. The summed E-state index contributed by atoms with van der Waals surface area (Å²) in [4.78, 5) is 15.3. The van der Waals surface area contributed by atoms with Crippen molar-refractivity contribution in [1.82, 2.24) is 4.90 Å². The third-order valence-corrected chi connectivity index (χ3v) is 3.77. The van der Waals surface area contributed by atoms with Gasteiger partial charge in [-0.3, -0.25) is 9.69 Å². The number of ether oxygens (including phenoxy) is 1. The molecule has 0 bridgehead atoms. The largest absolute Gasteiger partial charge is 0.376 e. The van der Waals surface area contributed by atoms with E-state index in [0.717, 1.165) is 23.7 Å². The fourth-order valence-corrected chi connectivity index (χ4v) is 2.60. The molecule has 0 saturated carbocycles. The van der Waals surface area contributed by atoms with Gasteiger partial charge in [-0.2, -0.15) is 0 Å². The molecule has 1 N–H and O–H groups in total. The number of hydrogen-bond donors (Lipinski definition) is 1. The summed E-state index contributed by atoms with van der Waals surface area (Å²) in [6, 6.07) is 7.90. The van der Waals surface area contributed by atoms with Crippen LogP contribution >= 0.6 is 11.8 Å². The fraction of sp³-hybridized carbons (Fsp3) is 0.500. The minimum Gasteiger partial charge on any atom is -0.376 e. The molecule has 0 radical (unpaired) electrons. The van der Waals surface area contributed by atoms with Crippen molar-refractivity contribution in [3.05, 3.63) is 24.3 Å². The number of anilines is 1. The quantitative estimate of drug-likeness (QED) is 0.857. The second-order valence-corrected chi connectivity index (χ2v) is 5.58. The SMILES string of the molecule is CSc1cccc(NC(=O)CN2CCO[C@@H](C)C2)c1. The Kier molecular flexibility index (Phi) is 5.24. The predicted octanol–water partition coefficient (Wildman–Crippen LogP) is 2.07. The third kappa shape index (κ3) is 4.53. The van der Waals surface area contributed by atoms with Crippen molar-refractivity contribution in [3.63, 3.8) is 0 Å². The number of carbonyl (C=O) groups is 1. The lowest BCUT2D eigenvalue weighted by Gasteiger charge is -2.30. The van der Waals surface area contributed by atoms with Gasteiger partial charge in [0.05, 0.1) is 19.3 Å². The topological polar surface area (TPSA) is 41.6 Å². The van der Waals surface area contributed by atoms with Crippen LogP contribution in [0.2, 0.25) is 0 Å². The lowest BCUT2D eigenvalue weighted by atomic mass is 10.3. The average molecular weight is 280 g/mol. The van der Waals surface area contributed by atoms with E-state index in [9.17, 15) is 4.79 Å². The molecule has 1 aromatic carbocycles. The molecule has 1 aliphatic heterocycles. The van der Waals surface area contributed by atoms with Crippen LogP contribution in [-0.2, 0) is 9.53 Å². The first kappa shape index (κ1) is 14.4. The van der Waals surface area contributed by atoms with Gasteiger partial charge in [0.15, 0.2) is 0 Å². The van der Waals surface area contributed by atoms with Crippen LogP contribution in [-0.4, -0.2) is 49.4 Å². The molecule has 1 heterocycles. The van der Waals surface area contributed by atoms with Gasteiger partial charge in [0.25, 0.3) is 0 Å². The maximum Gasteiger partial charge on any atom is 0.238 e. The first-order chi connectivity index (χ1) is 9.17. The van der Waals surface area contributed by atoms with Crippen LogP contribution in [0.4, 0.5) is 5.69 Å². The summed E-state index contributed by atoms with van der Waals surface area (Å²) < 4.78 is 5.46. The first-order valence-electron chi connectivity index (χ1n) is 6.45. The van der Waals surface area contributed by atoms with Gasteiger partial charge in [0, 0.05) is 23.7 Å². The van der Waals surface area contributed by atoms with Gasteiger partial charge in [0.1, 0.15) is 0 Å². The van der Waals surface area contributed by atoms with Crippen molar-refractivity contribution in [2.24, 2.45) is 0 Å². The zero-order chi connectivity index (χ0) is 13.7. The van der Waals surface area contributed by atoms with Crippen LogP contribution in [0.25, 0.3) is 0 Å². The zero-order valence-electron chi connectivity index (χ0n) is 11.4. The molecule has 1 aliphatic rings. The second-order valence-electron chi connectivity index (χ2n) is 4.70. The van der Waals surface area contributed by atoms with Crippen LogP contribution in [0.15, 0.2) is 29.2 Å². The summed E-state index contributed by atoms with van der Waals surface area (Å²) in [6.45, 7) is 4.81. The summed E-state index contributed by atoms with van der Waals surface area (Å²) in [6.07, 6.45) is 2.23. The summed E-state index contributed by atoms with van der Waals surface area (Å²) >= 11 is 1.67. The van der Waals surface area contributed by atoms with E-state index in [-0.39, 0.29) is 12.0 Å². The Morgan fingerprint density at radius 2 is 2.42 bits per heavy atom. The Morgan fingerprint density at radius 3 is 3.16 bits per heavy atom. The van der Waals surface area contributed by atoms with E-state index in [0.29, 0.717) is 13.2 Å². The van der Waals surface area contributed by atoms with Crippen molar-refractivity contribution >= 4 is 23.4 Å². The van der Waals surface area contributed by atoms with Crippen LogP contribution in [0.5, 0.6) is 0 Å². The number of benzene rings is 1. The van der Waals surface area contributed by atoms with Gasteiger partial charge < -0.3 is 10.1 Å². The van der Waals surface area contributed by atoms with E-state index < -0.39 is 0 Å². The number of nitrogens with one attached hydrogen (secondary N) is 1. The van der Waals surface area contributed by atoms with Crippen LogP contribution in [0, 0.1) is 0 Å². The highest BCUT2D eigenvalue weighted by Gasteiger charge is 2.18. The molecule has 0 unspecified atom stereocenters. The summed E-state index contributed by atoms with van der Waals surface area (Å²) in [5.41, 5.74) is 0.859. The monoisotopic (exact) mass is 280 g/mol. The maximum atomic E-state index is 12.0. The molecule has 1 saturated heterocycles. The smallest absolute Gasteiger partial charge is 0.238 e. The number of hydrogen-bond acceptors (Lipinski definition) is 4. The number of morpholine rings is 1.